The summed E-state index contributed by atoms with van der Waals surface area (Å²) >= 11 is 6.09. The molecule has 0 N–H and O–H groups in total. The molecule has 0 saturated carbocycles. The lowest BCUT2D eigenvalue weighted by molar-refractivity contribution is 0.255. The number of urea groups is 1. The van der Waals surface area contributed by atoms with Crippen LogP contribution in [0.15, 0.2) is 42.5 Å². The molecule has 7 heteroatoms. The molecule has 2 aliphatic rings. The lowest BCUT2D eigenvalue weighted by Gasteiger charge is -2.23. The number of nitrogens with zero attached hydrogens (tertiary/aromatic N) is 2. The molecular formula is C19H19ClN2O3S. The van der Waals surface area contributed by atoms with E-state index in [0.717, 1.165) is 16.8 Å². The van der Waals surface area contributed by atoms with Crippen LogP contribution in [0, 0.1) is 13.8 Å². The second-order valence-corrected chi connectivity index (χ2v) is 9.57. The van der Waals surface area contributed by atoms with Crippen molar-refractivity contribution in [2.45, 2.75) is 25.9 Å². The van der Waals surface area contributed by atoms with E-state index in [-0.39, 0.29) is 17.5 Å². The maximum absolute atomic E-state index is 13.3. The molecule has 2 fully saturated rings. The minimum absolute atomic E-state index is 0.0204. The lowest BCUT2D eigenvalue weighted by Crippen LogP contribution is -2.38. The summed E-state index contributed by atoms with van der Waals surface area (Å²) in [7, 11) is -3.21. The molecule has 4 rings (SSSR count). The highest BCUT2D eigenvalue weighted by atomic mass is 35.5. The Labute approximate surface area is 158 Å². The average molecular weight is 391 g/mol. The molecule has 2 saturated heterocycles. The highest BCUT2D eigenvalue weighted by molar-refractivity contribution is 7.91. The number of hydrogen-bond acceptors (Lipinski definition) is 3. The number of fused-ring (bicyclic) bond motifs is 1. The van der Waals surface area contributed by atoms with Gasteiger partial charge in [-0.25, -0.2) is 13.2 Å². The van der Waals surface area contributed by atoms with Gasteiger partial charge in [0.2, 0.25) is 0 Å². The summed E-state index contributed by atoms with van der Waals surface area (Å²) in [5.41, 5.74) is 3.55. The summed E-state index contributed by atoms with van der Waals surface area (Å²) in [6, 6.07) is 11.7. The van der Waals surface area contributed by atoms with Crippen molar-refractivity contribution in [1.29, 1.82) is 0 Å². The smallest absolute Gasteiger partial charge is 0.288 e. The molecule has 2 atom stereocenters. The highest BCUT2D eigenvalue weighted by Gasteiger charge is 2.54. The molecule has 2 aliphatic heterocycles. The number of carbonyl (C=O) groups is 1. The van der Waals surface area contributed by atoms with Crippen LogP contribution in [0.5, 0.6) is 0 Å². The Morgan fingerprint density at radius 3 is 2.12 bits per heavy atom. The standard InChI is InChI=1S/C19H19ClN2O3S/c1-12-6-7-16(8-13(12)2)22-18-11-26(24,25)10-17(18)21(19(22)23)15-5-3-4-14(20)9-15/h3-9,17-18H,10-11H2,1-2H3/t17-,18-/m1/s1. The van der Waals surface area contributed by atoms with Crippen LogP contribution in [0.4, 0.5) is 16.2 Å². The number of benzene rings is 2. The van der Waals surface area contributed by atoms with Crippen LogP contribution in [0.25, 0.3) is 0 Å². The fourth-order valence-electron chi connectivity index (χ4n) is 3.81. The van der Waals surface area contributed by atoms with Crippen LogP contribution in [0.2, 0.25) is 5.02 Å². The Morgan fingerprint density at radius 2 is 1.54 bits per heavy atom. The molecule has 0 bridgehead atoms. The van der Waals surface area contributed by atoms with Gasteiger partial charge in [0.15, 0.2) is 9.84 Å². The van der Waals surface area contributed by atoms with Crippen molar-refractivity contribution in [2.75, 3.05) is 21.3 Å². The third kappa shape index (κ3) is 2.77. The van der Waals surface area contributed by atoms with E-state index in [4.69, 9.17) is 11.6 Å². The summed E-state index contributed by atoms with van der Waals surface area (Å²) < 4.78 is 24.6. The number of rotatable bonds is 2. The number of hydrogen-bond donors (Lipinski definition) is 0. The molecule has 0 aliphatic carbocycles. The molecule has 0 radical (unpaired) electrons. The van der Waals surface area contributed by atoms with Crippen molar-refractivity contribution in [3.8, 4) is 0 Å². The van der Waals surface area contributed by atoms with Gasteiger partial charge >= 0.3 is 6.03 Å². The van der Waals surface area contributed by atoms with Crippen LogP contribution in [-0.2, 0) is 9.84 Å². The van der Waals surface area contributed by atoms with Gasteiger partial charge in [-0.3, -0.25) is 9.80 Å². The molecule has 2 amide bonds. The summed E-state index contributed by atoms with van der Waals surface area (Å²) in [5.74, 6) is -0.0509. The van der Waals surface area contributed by atoms with Gasteiger partial charge in [0, 0.05) is 16.4 Å². The number of aryl methyl sites for hydroxylation is 2. The minimum Gasteiger partial charge on any atom is -0.288 e. The van der Waals surface area contributed by atoms with E-state index in [0.29, 0.717) is 10.7 Å². The topological polar surface area (TPSA) is 57.7 Å². The van der Waals surface area contributed by atoms with Crippen molar-refractivity contribution in [2.24, 2.45) is 0 Å². The molecule has 2 aromatic rings. The van der Waals surface area contributed by atoms with E-state index in [2.05, 4.69) is 0 Å². The Morgan fingerprint density at radius 1 is 0.923 bits per heavy atom. The summed E-state index contributed by atoms with van der Waals surface area (Å²) in [6.07, 6.45) is 0. The van der Waals surface area contributed by atoms with Crippen LogP contribution in [0.1, 0.15) is 11.1 Å². The van der Waals surface area contributed by atoms with Crippen molar-refractivity contribution in [1.82, 2.24) is 0 Å². The van der Waals surface area contributed by atoms with E-state index >= 15 is 0 Å². The Hall–Kier alpha value is -2.05. The third-order valence-electron chi connectivity index (χ3n) is 5.22. The zero-order valence-electron chi connectivity index (χ0n) is 14.5. The fourth-order valence-corrected chi connectivity index (χ4v) is 5.91. The Balaban J connectivity index is 1.82. The van der Waals surface area contributed by atoms with Crippen LogP contribution in [0.3, 0.4) is 0 Å². The van der Waals surface area contributed by atoms with Gasteiger partial charge in [-0.15, -0.1) is 0 Å². The number of anilines is 2. The number of sulfone groups is 1. The van der Waals surface area contributed by atoms with Crippen molar-refractivity contribution in [3.63, 3.8) is 0 Å². The van der Waals surface area contributed by atoms with Crippen LogP contribution < -0.4 is 9.80 Å². The van der Waals surface area contributed by atoms with E-state index in [1.165, 1.54) is 0 Å². The first kappa shape index (κ1) is 17.4. The Bertz CT molecular complexity index is 1010. The third-order valence-corrected chi connectivity index (χ3v) is 7.16. The first-order valence-corrected chi connectivity index (χ1v) is 10.6. The van der Waals surface area contributed by atoms with Gasteiger partial charge in [-0.1, -0.05) is 23.7 Å². The fraction of sp³-hybridized carbons (Fsp3) is 0.316. The summed E-state index contributed by atoms with van der Waals surface area (Å²) in [6.45, 7) is 3.99. The Kier molecular flexibility index (Phi) is 4.00. The molecular weight excluding hydrogens is 372 g/mol. The molecule has 26 heavy (non-hydrogen) atoms. The first-order valence-electron chi connectivity index (χ1n) is 8.42. The van der Waals surface area contributed by atoms with E-state index in [1.807, 2.05) is 32.0 Å². The number of carbonyl (C=O) groups excluding carboxylic acids is 1. The lowest BCUT2D eigenvalue weighted by atomic mass is 10.1. The monoisotopic (exact) mass is 390 g/mol. The summed E-state index contributed by atoms with van der Waals surface area (Å²) in [4.78, 5) is 16.5. The molecule has 0 aromatic heterocycles. The number of amides is 2. The van der Waals surface area contributed by atoms with Crippen molar-refractivity contribution >= 4 is 38.8 Å². The zero-order chi connectivity index (χ0) is 18.6. The van der Waals surface area contributed by atoms with Gasteiger partial charge < -0.3 is 0 Å². The largest absolute Gasteiger partial charge is 0.329 e. The average Bonchev–Trinajstić information content (AvgIpc) is 2.99. The predicted molar refractivity (Wildman–Crippen MR) is 104 cm³/mol. The van der Waals surface area contributed by atoms with Crippen molar-refractivity contribution in [3.05, 3.63) is 58.6 Å². The van der Waals surface area contributed by atoms with E-state index in [9.17, 15) is 13.2 Å². The quantitative estimate of drug-likeness (QED) is 0.736. The predicted octanol–water partition coefficient (Wildman–Crippen LogP) is 3.57. The van der Waals surface area contributed by atoms with Crippen LogP contribution in [-0.4, -0.2) is 38.0 Å². The van der Waals surface area contributed by atoms with E-state index < -0.39 is 21.9 Å². The number of halogens is 1. The normalized spacial score (nSPS) is 24.2. The first-order chi connectivity index (χ1) is 12.3. The van der Waals surface area contributed by atoms with Crippen LogP contribution >= 0.6 is 11.6 Å². The zero-order valence-corrected chi connectivity index (χ0v) is 16.1. The summed E-state index contributed by atoms with van der Waals surface area (Å²) in [5, 5.41) is 0.511. The molecule has 5 nitrogen and oxygen atoms in total. The molecule has 0 spiro atoms. The molecule has 0 unspecified atom stereocenters. The van der Waals surface area contributed by atoms with Gasteiger partial charge in [-0.2, -0.15) is 0 Å². The maximum atomic E-state index is 13.3. The second kappa shape index (κ2) is 5.99. The van der Waals surface area contributed by atoms with Gasteiger partial charge in [0.05, 0.1) is 23.6 Å². The maximum Gasteiger partial charge on any atom is 0.329 e. The van der Waals surface area contributed by atoms with Crippen molar-refractivity contribution < 1.29 is 13.2 Å². The molecule has 2 heterocycles. The highest BCUT2D eigenvalue weighted by Crippen LogP contribution is 2.38. The van der Waals surface area contributed by atoms with Gasteiger partial charge in [0.1, 0.15) is 0 Å². The second-order valence-electron chi connectivity index (χ2n) is 6.98. The molecule has 136 valence electrons. The van der Waals surface area contributed by atoms with Gasteiger partial charge in [-0.05, 0) is 55.3 Å². The molecule has 2 aromatic carbocycles. The van der Waals surface area contributed by atoms with Gasteiger partial charge in [0.25, 0.3) is 0 Å². The minimum atomic E-state index is -3.21. The SMILES string of the molecule is Cc1ccc(N2C(=O)N(c3cccc(Cl)c3)[C@@H]3CS(=O)(=O)C[C@H]32)cc1C. The van der Waals surface area contributed by atoms with E-state index in [1.54, 1.807) is 34.1 Å².